The first-order chi connectivity index (χ1) is 8.79. The minimum absolute atomic E-state index is 0.151. The van der Waals surface area contributed by atoms with E-state index in [0.29, 0.717) is 6.04 Å². The number of nitrogens with zero attached hydrogens (tertiary/aromatic N) is 1. The lowest BCUT2D eigenvalue weighted by Crippen LogP contribution is -2.44. The van der Waals surface area contributed by atoms with Crippen molar-refractivity contribution in [3.8, 4) is 0 Å². The van der Waals surface area contributed by atoms with Gasteiger partial charge < -0.3 is 5.32 Å². The third kappa shape index (κ3) is 3.79. The van der Waals surface area contributed by atoms with Crippen molar-refractivity contribution in [2.45, 2.75) is 38.8 Å². The van der Waals surface area contributed by atoms with Crippen molar-refractivity contribution in [2.75, 3.05) is 19.6 Å². The van der Waals surface area contributed by atoms with E-state index in [1.807, 2.05) is 12.1 Å². The first kappa shape index (κ1) is 13.5. The summed E-state index contributed by atoms with van der Waals surface area (Å²) in [4.78, 5) is 2.53. The molecule has 100 valence electrons. The molecule has 0 radical (unpaired) electrons. The van der Waals surface area contributed by atoms with Gasteiger partial charge in [-0.15, -0.1) is 0 Å². The minimum atomic E-state index is -0.151. The number of halogens is 1. The Kier molecular flexibility index (Phi) is 5.14. The molecule has 18 heavy (non-hydrogen) atoms. The smallest absolute Gasteiger partial charge is 0.123 e. The monoisotopic (exact) mass is 250 g/mol. The SMILES string of the molecule is CCNCC1CCCCN1Cc1ccc(F)cc1. The summed E-state index contributed by atoms with van der Waals surface area (Å²) in [6.07, 6.45) is 3.88. The lowest BCUT2D eigenvalue weighted by atomic mass is 10.0. The molecule has 0 aromatic heterocycles. The Balaban J connectivity index is 1.94. The zero-order valence-corrected chi connectivity index (χ0v) is 11.2. The third-order valence-electron chi connectivity index (χ3n) is 3.68. The predicted molar refractivity (Wildman–Crippen MR) is 73.0 cm³/mol. The highest BCUT2D eigenvalue weighted by atomic mass is 19.1. The summed E-state index contributed by atoms with van der Waals surface area (Å²) in [6, 6.07) is 7.53. The second-order valence-electron chi connectivity index (χ2n) is 5.05. The first-order valence-corrected chi connectivity index (χ1v) is 6.99. The quantitative estimate of drug-likeness (QED) is 0.864. The molecule has 1 unspecified atom stereocenters. The van der Waals surface area contributed by atoms with Gasteiger partial charge in [-0.3, -0.25) is 4.90 Å². The van der Waals surface area contributed by atoms with Crippen LogP contribution in [0.4, 0.5) is 4.39 Å². The van der Waals surface area contributed by atoms with Crippen molar-refractivity contribution >= 4 is 0 Å². The average Bonchev–Trinajstić information content (AvgIpc) is 2.40. The number of rotatable bonds is 5. The fraction of sp³-hybridized carbons (Fsp3) is 0.600. The summed E-state index contributed by atoms with van der Waals surface area (Å²) in [6.45, 7) is 6.34. The zero-order valence-electron chi connectivity index (χ0n) is 11.2. The van der Waals surface area contributed by atoms with Crippen LogP contribution in [0.25, 0.3) is 0 Å². The maximum absolute atomic E-state index is 12.9. The van der Waals surface area contributed by atoms with Crippen LogP contribution < -0.4 is 5.32 Å². The number of benzene rings is 1. The molecule has 1 aliphatic heterocycles. The molecule has 0 aliphatic carbocycles. The van der Waals surface area contributed by atoms with Gasteiger partial charge in [-0.05, 0) is 43.6 Å². The Bertz CT molecular complexity index is 350. The molecule has 2 nitrogen and oxygen atoms in total. The molecule has 2 rings (SSSR count). The number of likely N-dealkylation sites (N-methyl/N-ethyl adjacent to an activating group) is 1. The van der Waals surface area contributed by atoms with Crippen LogP contribution in [0.1, 0.15) is 31.7 Å². The highest BCUT2D eigenvalue weighted by Gasteiger charge is 2.21. The van der Waals surface area contributed by atoms with E-state index in [9.17, 15) is 4.39 Å². The molecule has 1 aliphatic rings. The number of nitrogens with one attached hydrogen (secondary N) is 1. The van der Waals surface area contributed by atoms with Gasteiger partial charge in [0.2, 0.25) is 0 Å². The molecule has 0 spiro atoms. The number of hydrogen-bond acceptors (Lipinski definition) is 2. The van der Waals surface area contributed by atoms with E-state index in [2.05, 4.69) is 17.1 Å². The van der Waals surface area contributed by atoms with E-state index in [0.717, 1.165) is 26.2 Å². The van der Waals surface area contributed by atoms with E-state index in [-0.39, 0.29) is 5.82 Å². The first-order valence-electron chi connectivity index (χ1n) is 6.99. The summed E-state index contributed by atoms with van der Waals surface area (Å²) in [5.41, 5.74) is 1.21. The van der Waals surface area contributed by atoms with Gasteiger partial charge in [-0.1, -0.05) is 25.5 Å². The van der Waals surface area contributed by atoms with E-state index >= 15 is 0 Å². The van der Waals surface area contributed by atoms with E-state index < -0.39 is 0 Å². The summed E-state index contributed by atoms with van der Waals surface area (Å²) < 4.78 is 12.9. The molecule has 0 bridgehead atoms. The van der Waals surface area contributed by atoms with Crippen LogP contribution in [0.3, 0.4) is 0 Å². The molecule has 1 N–H and O–H groups in total. The molecule has 0 amide bonds. The molecule has 1 saturated heterocycles. The van der Waals surface area contributed by atoms with Gasteiger partial charge in [-0.25, -0.2) is 4.39 Å². The highest BCUT2D eigenvalue weighted by Crippen LogP contribution is 2.19. The van der Waals surface area contributed by atoms with Crippen LogP contribution in [0, 0.1) is 5.82 Å². The van der Waals surface area contributed by atoms with Crippen LogP contribution in [0.15, 0.2) is 24.3 Å². The Morgan fingerprint density at radius 3 is 2.78 bits per heavy atom. The van der Waals surface area contributed by atoms with Gasteiger partial charge in [0.25, 0.3) is 0 Å². The molecular formula is C15H23FN2. The highest BCUT2D eigenvalue weighted by molar-refractivity contribution is 5.16. The predicted octanol–water partition coefficient (Wildman–Crippen LogP) is 2.79. The van der Waals surface area contributed by atoms with Gasteiger partial charge in [0.1, 0.15) is 5.82 Å². The molecule has 1 atom stereocenters. The molecule has 0 saturated carbocycles. The van der Waals surface area contributed by atoms with Gasteiger partial charge in [0.15, 0.2) is 0 Å². The number of likely N-dealkylation sites (tertiary alicyclic amines) is 1. The zero-order chi connectivity index (χ0) is 12.8. The van der Waals surface area contributed by atoms with Crippen molar-refractivity contribution in [1.29, 1.82) is 0 Å². The van der Waals surface area contributed by atoms with Gasteiger partial charge in [-0.2, -0.15) is 0 Å². The molecule has 1 aromatic rings. The van der Waals surface area contributed by atoms with Crippen molar-refractivity contribution in [2.24, 2.45) is 0 Å². The van der Waals surface area contributed by atoms with Crippen molar-refractivity contribution in [3.05, 3.63) is 35.6 Å². The van der Waals surface area contributed by atoms with Crippen LogP contribution >= 0.6 is 0 Å². The number of hydrogen-bond donors (Lipinski definition) is 1. The Hall–Kier alpha value is -0.930. The van der Waals surface area contributed by atoms with E-state index in [4.69, 9.17) is 0 Å². The molecular weight excluding hydrogens is 227 g/mol. The molecule has 1 aromatic carbocycles. The minimum Gasteiger partial charge on any atom is -0.315 e. The standard InChI is InChI=1S/C15H23FN2/c1-2-17-11-15-5-3-4-10-18(15)12-13-6-8-14(16)9-7-13/h6-9,15,17H,2-5,10-12H2,1H3. The van der Waals surface area contributed by atoms with Crippen LogP contribution in [0.5, 0.6) is 0 Å². The van der Waals surface area contributed by atoms with Crippen molar-refractivity contribution in [1.82, 2.24) is 10.2 Å². The lowest BCUT2D eigenvalue weighted by molar-refractivity contribution is 0.138. The van der Waals surface area contributed by atoms with Crippen LogP contribution in [0.2, 0.25) is 0 Å². The fourth-order valence-corrected chi connectivity index (χ4v) is 2.63. The molecule has 1 heterocycles. The van der Waals surface area contributed by atoms with Gasteiger partial charge in [0, 0.05) is 19.1 Å². The second-order valence-corrected chi connectivity index (χ2v) is 5.05. The second kappa shape index (κ2) is 6.86. The molecule has 3 heteroatoms. The topological polar surface area (TPSA) is 15.3 Å². The Labute approximate surface area is 109 Å². The van der Waals surface area contributed by atoms with E-state index in [1.54, 1.807) is 12.1 Å². The van der Waals surface area contributed by atoms with Crippen molar-refractivity contribution < 1.29 is 4.39 Å². The van der Waals surface area contributed by atoms with Gasteiger partial charge >= 0.3 is 0 Å². The van der Waals surface area contributed by atoms with Crippen LogP contribution in [-0.4, -0.2) is 30.6 Å². The van der Waals surface area contributed by atoms with Crippen LogP contribution in [-0.2, 0) is 6.54 Å². The van der Waals surface area contributed by atoms with E-state index in [1.165, 1.54) is 24.8 Å². The summed E-state index contributed by atoms with van der Waals surface area (Å²) >= 11 is 0. The largest absolute Gasteiger partial charge is 0.315 e. The maximum Gasteiger partial charge on any atom is 0.123 e. The van der Waals surface area contributed by atoms with Crippen molar-refractivity contribution in [3.63, 3.8) is 0 Å². The van der Waals surface area contributed by atoms with Gasteiger partial charge in [0.05, 0.1) is 0 Å². The lowest BCUT2D eigenvalue weighted by Gasteiger charge is -2.36. The summed E-state index contributed by atoms with van der Waals surface area (Å²) in [5.74, 6) is -0.151. The average molecular weight is 250 g/mol. The summed E-state index contributed by atoms with van der Waals surface area (Å²) in [5, 5.41) is 3.44. The normalized spacial score (nSPS) is 21.1. The molecule has 1 fully saturated rings. The third-order valence-corrected chi connectivity index (χ3v) is 3.68. The maximum atomic E-state index is 12.9. The Morgan fingerprint density at radius 1 is 1.28 bits per heavy atom. The fourth-order valence-electron chi connectivity index (χ4n) is 2.63. The Morgan fingerprint density at radius 2 is 2.06 bits per heavy atom. The summed E-state index contributed by atoms with van der Waals surface area (Å²) in [7, 11) is 0. The number of piperidine rings is 1.